The van der Waals surface area contributed by atoms with Gasteiger partial charge in [0.2, 0.25) is 11.0 Å². The molecule has 0 spiro atoms. The number of fused-ring (bicyclic) bond motifs is 1. The van der Waals surface area contributed by atoms with Gasteiger partial charge in [0.1, 0.15) is 0 Å². The molecular weight excluding hydrogens is 362 g/mol. The van der Waals surface area contributed by atoms with E-state index < -0.39 is 11.2 Å². The Morgan fingerprint density at radius 2 is 2.12 bits per heavy atom. The zero-order valence-corrected chi connectivity index (χ0v) is 14.1. The number of rotatable bonds is 3. The molecule has 10 heteroatoms. The lowest BCUT2D eigenvalue weighted by atomic mass is 10.1. The highest BCUT2D eigenvalue weighted by Gasteiger charge is 2.37. The number of methoxy groups -OCH3 is 1. The number of alkyl halides is 3. The number of ether oxygens (including phenoxy) is 1. The average molecular weight is 373 g/mol. The van der Waals surface area contributed by atoms with Crippen molar-refractivity contribution in [2.45, 2.75) is 17.5 Å². The third-order valence-corrected chi connectivity index (χ3v) is 4.41. The van der Waals surface area contributed by atoms with Crippen molar-refractivity contribution >= 4 is 35.2 Å². The molecule has 1 aliphatic heterocycles. The molecule has 3 rings (SSSR count). The van der Waals surface area contributed by atoms with Crippen LogP contribution in [0.3, 0.4) is 0 Å². The molecule has 24 heavy (non-hydrogen) atoms. The van der Waals surface area contributed by atoms with Gasteiger partial charge in [-0.1, -0.05) is 6.07 Å². The largest absolute Gasteiger partial charge is 0.504 e. The molecule has 0 bridgehead atoms. The number of hydrogen-bond acceptors (Lipinski definition) is 6. The number of phenolic OH excluding ortho intramolecular Hbond substituents is 1. The fraction of sp³-hybridized carbons (Fsp3) is 0.214. The van der Waals surface area contributed by atoms with Crippen LogP contribution in [0.25, 0.3) is 6.08 Å². The molecule has 0 amide bonds. The van der Waals surface area contributed by atoms with Crippen LogP contribution < -0.4 is 4.74 Å². The van der Waals surface area contributed by atoms with E-state index in [1.165, 1.54) is 13.2 Å². The molecule has 0 fully saturated rings. The van der Waals surface area contributed by atoms with Gasteiger partial charge in [0.05, 0.1) is 12.8 Å². The van der Waals surface area contributed by atoms with Gasteiger partial charge in [-0.05, 0) is 54.1 Å². The van der Waals surface area contributed by atoms with E-state index in [4.69, 9.17) is 16.3 Å². The summed E-state index contributed by atoms with van der Waals surface area (Å²) in [6, 6.07) is 4.89. The second-order valence-corrected chi connectivity index (χ2v) is 6.33. The number of thioether (sulfide) groups is 1. The van der Waals surface area contributed by atoms with Gasteiger partial charge in [0, 0.05) is 4.91 Å². The third-order valence-electron chi connectivity index (χ3n) is 3.17. The predicted molar refractivity (Wildman–Crippen MR) is 86.8 cm³/mol. The topological polar surface area (TPSA) is 72.5 Å². The minimum atomic E-state index is -3.65. The van der Waals surface area contributed by atoms with Crippen molar-refractivity contribution in [3.8, 4) is 11.5 Å². The number of benzene rings is 1. The maximum Gasteiger partial charge on any atom is 0.383 e. The molecule has 0 radical (unpaired) electrons. The minimum Gasteiger partial charge on any atom is -0.504 e. The van der Waals surface area contributed by atoms with Crippen LogP contribution in [0.2, 0.25) is 0 Å². The highest BCUT2D eigenvalue weighted by molar-refractivity contribution is 8.04. The molecule has 6 nitrogen and oxygen atoms in total. The number of hydrogen-bond donors (Lipinski definition) is 1. The number of phenols is 1. The lowest BCUT2D eigenvalue weighted by Crippen LogP contribution is -2.15. The quantitative estimate of drug-likeness (QED) is 0.832. The summed E-state index contributed by atoms with van der Waals surface area (Å²) in [5.74, 6) is -0.380. The van der Waals surface area contributed by atoms with Gasteiger partial charge in [-0.3, -0.25) is 0 Å². The Morgan fingerprint density at radius 1 is 1.38 bits per heavy atom. The van der Waals surface area contributed by atoms with Crippen molar-refractivity contribution in [2.24, 2.45) is 5.10 Å². The first kappa shape index (κ1) is 16.7. The minimum absolute atomic E-state index is 0.00511. The molecule has 0 saturated carbocycles. The van der Waals surface area contributed by atoms with Gasteiger partial charge in [-0.15, -0.1) is 10.2 Å². The van der Waals surface area contributed by atoms with E-state index in [9.17, 15) is 13.9 Å². The maximum atomic E-state index is 13.3. The molecular formula is C14H11ClF2N4O2S. The molecule has 1 N–H and O–H groups in total. The molecule has 0 atom stereocenters. The third kappa shape index (κ3) is 3.09. The monoisotopic (exact) mass is 372 g/mol. The molecule has 2 aromatic rings. The van der Waals surface area contributed by atoms with Crippen LogP contribution in [-0.4, -0.2) is 32.8 Å². The van der Waals surface area contributed by atoms with Crippen LogP contribution in [0, 0.1) is 0 Å². The van der Waals surface area contributed by atoms with Crippen LogP contribution in [-0.2, 0) is 5.38 Å². The summed E-state index contributed by atoms with van der Waals surface area (Å²) in [4.78, 5) is 0.684. The van der Waals surface area contributed by atoms with Crippen molar-refractivity contribution in [1.29, 1.82) is 0 Å². The van der Waals surface area contributed by atoms with Gasteiger partial charge in [-0.25, -0.2) is 0 Å². The number of halogens is 3. The molecule has 0 saturated heterocycles. The van der Waals surface area contributed by atoms with Gasteiger partial charge in [-0.2, -0.15) is 18.6 Å². The van der Waals surface area contributed by atoms with Gasteiger partial charge in [0.15, 0.2) is 11.5 Å². The van der Waals surface area contributed by atoms with E-state index in [2.05, 4.69) is 15.3 Å². The zero-order valence-electron chi connectivity index (χ0n) is 12.5. The first-order valence-electron chi connectivity index (χ1n) is 6.64. The molecule has 126 valence electrons. The lowest BCUT2D eigenvalue weighted by Gasteiger charge is -2.15. The van der Waals surface area contributed by atoms with Gasteiger partial charge in [0.25, 0.3) is 0 Å². The Kier molecular flexibility index (Phi) is 4.22. The van der Waals surface area contributed by atoms with Crippen LogP contribution in [0.1, 0.15) is 18.3 Å². The van der Waals surface area contributed by atoms with E-state index in [1.54, 1.807) is 25.1 Å². The van der Waals surface area contributed by atoms with Crippen molar-refractivity contribution in [3.63, 3.8) is 0 Å². The Labute approximate surface area is 144 Å². The zero-order chi connectivity index (χ0) is 17.5. The van der Waals surface area contributed by atoms with Gasteiger partial charge < -0.3 is 9.84 Å². The van der Waals surface area contributed by atoms with Gasteiger partial charge >= 0.3 is 5.38 Å². The number of aromatic nitrogens is 3. The summed E-state index contributed by atoms with van der Waals surface area (Å²) in [6.45, 7) is 1.67. The predicted octanol–water partition coefficient (Wildman–Crippen LogP) is 3.65. The number of aromatic hydroxyl groups is 1. The van der Waals surface area contributed by atoms with Crippen LogP contribution in [0.15, 0.2) is 33.4 Å². The normalized spacial score (nSPS) is 16.0. The first-order valence-corrected chi connectivity index (χ1v) is 7.84. The fourth-order valence-electron chi connectivity index (χ4n) is 2.05. The summed E-state index contributed by atoms with van der Waals surface area (Å²) in [6.07, 6.45) is 1.75. The first-order chi connectivity index (χ1) is 11.3. The summed E-state index contributed by atoms with van der Waals surface area (Å²) in [5.41, 5.74) is 1.19. The smallest absolute Gasteiger partial charge is 0.383 e. The summed E-state index contributed by atoms with van der Waals surface area (Å²) in [7, 11) is 1.46. The van der Waals surface area contributed by atoms with Crippen LogP contribution in [0.5, 0.6) is 11.5 Å². The SMILES string of the molecule is COc1ccc(C=C2Sc3nnc(C(F)(F)Cl)n3N=C2C)cc1O. The Morgan fingerprint density at radius 3 is 2.75 bits per heavy atom. The second-order valence-electron chi connectivity index (χ2n) is 4.84. The fourth-order valence-corrected chi connectivity index (χ4v) is 3.04. The highest BCUT2D eigenvalue weighted by Crippen LogP contribution is 2.38. The Hall–Kier alpha value is -2.13. The average Bonchev–Trinajstić information content (AvgIpc) is 2.90. The van der Waals surface area contributed by atoms with Crippen LogP contribution in [0.4, 0.5) is 8.78 Å². The molecule has 1 aromatic carbocycles. The van der Waals surface area contributed by atoms with Crippen molar-refractivity contribution in [2.75, 3.05) is 7.11 Å². The molecule has 0 aliphatic carbocycles. The molecule has 2 heterocycles. The highest BCUT2D eigenvalue weighted by atomic mass is 35.5. The van der Waals surface area contributed by atoms with Crippen molar-refractivity contribution in [1.82, 2.24) is 14.9 Å². The van der Waals surface area contributed by atoms with E-state index in [0.717, 1.165) is 16.4 Å². The standard InChI is InChI=1S/C14H11ClF2N4O2S/c1-7-11(6-8-3-4-10(23-2)9(22)5-8)24-13-19-18-12(14(15,16)17)21(13)20-7/h3-6,22H,1-2H3. The summed E-state index contributed by atoms with van der Waals surface area (Å²) >= 11 is 6.13. The maximum absolute atomic E-state index is 13.3. The van der Waals surface area contributed by atoms with E-state index in [0.29, 0.717) is 21.9 Å². The Balaban J connectivity index is 1.97. The molecule has 0 unspecified atom stereocenters. The van der Waals surface area contributed by atoms with E-state index in [-0.39, 0.29) is 10.9 Å². The number of nitrogens with zero attached hydrogens (tertiary/aromatic N) is 4. The summed E-state index contributed by atoms with van der Waals surface area (Å²) < 4.78 is 32.5. The van der Waals surface area contributed by atoms with Crippen molar-refractivity contribution < 1.29 is 18.6 Å². The van der Waals surface area contributed by atoms with E-state index in [1.807, 2.05) is 0 Å². The second kappa shape index (κ2) is 6.06. The molecule has 1 aliphatic rings. The van der Waals surface area contributed by atoms with Crippen LogP contribution >= 0.6 is 23.4 Å². The summed E-state index contributed by atoms with van der Waals surface area (Å²) in [5, 5.41) is 17.5. The van der Waals surface area contributed by atoms with E-state index >= 15 is 0 Å². The Bertz CT molecular complexity index is 861. The number of allylic oxidation sites excluding steroid dienone is 1. The van der Waals surface area contributed by atoms with Crippen molar-refractivity contribution in [3.05, 3.63) is 34.5 Å². The lowest BCUT2D eigenvalue weighted by molar-refractivity contribution is 0.0799. The molecule has 1 aromatic heterocycles.